The van der Waals surface area contributed by atoms with Crippen LogP contribution in [0.4, 0.5) is 0 Å². The normalized spacial score (nSPS) is 13.9. The third-order valence-electron chi connectivity index (χ3n) is 9.36. The molecule has 0 aliphatic rings. The van der Waals surface area contributed by atoms with E-state index in [1.165, 1.54) is 135 Å². The van der Waals surface area contributed by atoms with Crippen LogP contribution in [0.2, 0.25) is 0 Å². The van der Waals surface area contributed by atoms with Crippen LogP contribution in [-0.2, 0) is 27.9 Å². The van der Waals surface area contributed by atoms with Crippen LogP contribution < -0.4 is 0 Å². The zero-order chi connectivity index (χ0) is 37.7. The van der Waals surface area contributed by atoms with Crippen LogP contribution >= 0.6 is 7.82 Å². The molecule has 0 aliphatic carbocycles. The minimum atomic E-state index is -4.24. The summed E-state index contributed by atoms with van der Waals surface area (Å²) in [6.07, 6.45) is 38.2. The maximum atomic E-state index is 12.5. The summed E-state index contributed by atoms with van der Waals surface area (Å²) < 4.78 is 35.0. The van der Waals surface area contributed by atoms with Gasteiger partial charge in [-0.25, -0.2) is 4.57 Å². The van der Waals surface area contributed by atoms with Crippen molar-refractivity contribution in [2.24, 2.45) is 0 Å². The van der Waals surface area contributed by atoms with E-state index in [0.717, 1.165) is 38.5 Å². The molecular formula is C42H85NO7P+. The number of phosphoric acid groups is 1. The van der Waals surface area contributed by atoms with Crippen LogP contribution in [0.15, 0.2) is 12.2 Å². The van der Waals surface area contributed by atoms with E-state index in [4.69, 9.17) is 18.5 Å². The lowest BCUT2D eigenvalue weighted by molar-refractivity contribution is -0.870. The van der Waals surface area contributed by atoms with Crippen molar-refractivity contribution in [3.8, 4) is 0 Å². The Morgan fingerprint density at radius 3 is 1.49 bits per heavy atom. The molecule has 0 radical (unpaired) electrons. The zero-order valence-corrected chi connectivity index (χ0v) is 35.3. The van der Waals surface area contributed by atoms with Crippen LogP contribution in [0, 0.1) is 0 Å². The molecule has 8 nitrogen and oxygen atoms in total. The fraction of sp³-hybridized carbons (Fsp3) is 0.929. The Morgan fingerprint density at radius 2 is 1.02 bits per heavy atom. The van der Waals surface area contributed by atoms with Crippen LogP contribution in [0.5, 0.6) is 0 Å². The fourth-order valence-corrected chi connectivity index (χ4v) is 6.68. The number of nitrogens with zero attached hydrogens (tertiary/aromatic N) is 1. The molecule has 0 saturated heterocycles. The SMILES string of the molecule is CCCCCCCC/C=C\CCCCCCCCO[C@H](COC(=O)CCCCCCCCCCCCCCC)COP(=O)(O)OCC[N+](C)(C)C. The summed E-state index contributed by atoms with van der Waals surface area (Å²) >= 11 is 0. The molecule has 51 heavy (non-hydrogen) atoms. The molecule has 0 aromatic carbocycles. The van der Waals surface area contributed by atoms with E-state index < -0.39 is 13.9 Å². The smallest absolute Gasteiger partial charge is 0.463 e. The van der Waals surface area contributed by atoms with Gasteiger partial charge in [0.15, 0.2) is 0 Å². The number of hydrogen-bond acceptors (Lipinski definition) is 6. The van der Waals surface area contributed by atoms with E-state index >= 15 is 0 Å². The molecule has 9 heteroatoms. The number of hydrogen-bond donors (Lipinski definition) is 1. The van der Waals surface area contributed by atoms with Crippen molar-refractivity contribution in [3.05, 3.63) is 12.2 Å². The van der Waals surface area contributed by atoms with Gasteiger partial charge in [0.2, 0.25) is 0 Å². The van der Waals surface area contributed by atoms with Crippen molar-refractivity contribution in [3.63, 3.8) is 0 Å². The maximum absolute atomic E-state index is 12.5. The van der Waals surface area contributed by atoms with Gasteiger partial charge < -0.3 is 18.9 Å². The van der Waals surface area contributed by atoms with Crippen LogP contribution in [-0.4, -0.2) is 75.6 Å². The first-order valence-electron chi connectivity index (χ1n) is 21.4. The van der Waals surface area contributed by atoms with Gasteiger partial charge in [-0.3, -0.25) is 13.8 Å². The highest BCUT2D eigenvalue weighted by molar-refractivity contribution is 7.47. The molecule has 0 saturated carbocycles. The molecule has 1 unspecified atom stereocenters. The zero-order valence-electron chi connectivity index (χ0n) is 34.4. The second kappa shape index (κ2) is 36.2. The second-order valence-corrected chi connectivity index (χ2v) is 17.2. The monoisotopic (exact) mass is 747 g/mol. The number of ether oxygens (including phenoxy) is 2. The third kappa shape index (κ3) is 40.3. The van der Waals surface area contributed by atoms with Gasteiger partial charge in [0.05, 0.1) is 27.7 Å². The van der Waals surface area contributed by atoms with E-state index in [9.17, 15) is 14.3 Å². The number of esters is 1. The van der Waals surface area contributed by atoms with Gasteiger partial charge in [-0.2, -0.15) is 0 Å². The van der Waals surface area contributed by atoms with Gasteiger partial charge in [0.1, 0.15) is 25.9 Å². The topological polar surface area (TPSA) is 91.3 Å². The predicted octanol–water partition coefficient (Wildman–Crippen LogP) is 12.3. The minimum Gasteiger partial charge on any atom is -0.463 e. The standard InChI is InChI=1S/C42H84NO7P/c1-6-8-10-12-14-16-18-20-21-22-24-26-28-30-32-34-37-47-41(40-50-51(45,46)49-38-36-43(3,4)5)39-48-42(44)35-33-31-29-27-25-23-19-17-15-13-11-9-7-2/h20-21,41H,6-19,22-40H2,1-5H3/p+1/b21-20-/t41-/m1/s1. The van der Waals surface area contributed by atoms with Crippen LogP contribution in [0.1, 0.15) is 194 Å². The number of quaternary nitrogens is 1. The van der Waals surface area contributed by atoms with Crippen molar-refractivity contribution in [2.75, 3.05) is 54.1 Å². The average Bonchev–Trinajstić information content (AvgIpc) is 3.08. The number of carbonyl (C=O) groups excluding carboxylic acids is 1. The maximum Gasteiger partial charge on any atom is 0.472 e. The molecule has 0 aromatic heterocycles. The molecule has 0 aromatic rings. The number of rotatable bonds is 40. The Kier molecular flexibility index (Phi) is 35.7. The Labute approximate surface area is 316 Å². The summed E-state index contributed by atoms with van der Waals surface area (Å²) in [5, 5.41) is 0. The molecule has 0 fully saturated rings. The van der Waals surface area contributed by atoms with Crippen molar-refractivity contribution >= 4 is 13.8 Å². The highest BCUT2D eigenvalue weighted by Crippen LogP contribution is 2.43. The average molecular weight is 747 g/mol. The third-order valence-corrected chi connectivity index (χ3v) is 10.3. The molecular weight excluding hydrogens is 661 g/mol. The fourth-order valence-electron chi connectivity index (χ4n) is 5.93. The summed E-state index contributed by atoms with van der Waals surface area (Å²) in [6.45, 7) is 5.52. The Hall–Kier alpha value is -0.760. The molecule has 1 N–H and O–H groups in total. The Morgan fingerprint density at radius 1 is 0.588 bits per heavy atom. The second-order valence-electron chi connectivity index (χ2n) is 15.7. The lowest BCUT2D eigenvalue weighted by atomic mass is 10.0. The highest BCUT2D eigenvalue weighted by Gasteiger charge is 2.25. The largest absolute Gasteiger partial charge is 0.472 e. The van der Waals surface area contributed by atoms with Crippen molar-refractivity contribution < 1.29 is 37.3 Å². The van der Waals surface area contributed by atoms with E-state index in [0.29, 0.717) is 24.1 Å². The first-order valence-corrected chi connectivity index (χ1v) is 22.9. The quantitative estimate of drug-likeness (QED) is 0.0219. The number of likely N-dealkylation sites (N-methyl/N-ethyl adjacent to an activating group) is 1. The van der Waals surface area contributed by atoms with Crippen molar-refractivity contribution in [1.82, 2.24) is 0 Å². The van der Waals surface area contributed by atoms with Gasteiger partial charge in [-0.1, -0.05) is 161 Å². The van der Waals surface area contributed by atoms with Crippen molar-refractivity contribution in [2.45, 2.75) is 200 Å². The number of phosphoric ester groups is 1. The Bertz CT molecular complexity index is 833. The van der Waals surface area contributed by atoms with Gasteiger partial charge in [-0.05, 0) is 38.5 Å². The van der Waals surface area contributed by atoms with Crippen molar-refractivity contribution in [1.29, 1.82) is 0 Å². The molecule has 0 bridgehead atoms. The molecule has 304 valence electrons. The van der Waals surface area contributed by atoms with Gasteiger partial charge in [-0.15, -0.1) is 0 Å². The number of unbranched alkanes of at least 4 members (excludes halogenated alkanes) is 24. The lowest BCUT2D eigenvalue weighted by Gasteiger charge is -2.24. The van der Waals surface area contributed by atoms with Crippen LogP contribution in [0.3, 0.4) is 0 Å². The number of allylic oxidation sites excluding steroid dienone is 2. The molecule has 0 amide bonds. The lowest BCUT2D eigenvalue weighted by Crippen LogP contribution is -2.37. The highest BCUT2D eigenvalue weighted by atomic mass is 31.2. The summed E-state index contributed by atoms with van der Waals surface area (Å²) in [6, 6.07) is 0. The number of carbonyl (C=O) groups is 1. The molecule has 0 aliphatic heterocycles. The summed E-state index contributed by atoms with van der Waals surface area (Å²) in [4.78, 5) is 22.6. The van der Waals surface area contributed by atoms with E-state index in [-0.39, 0.29) is 25.8 Å². The minimum absolute atomic E-state index is 0.00251. The van der Waals surface area contributed by atoms with E-state index in [2.05, 4.69) is 26.0 Å². The van der Waals surface area contributed by atoms with Gasteiger partial charge in [0.25, 0.3) is 0 Å². The molecule has 2 atom stereocenters. The van der Waals surface area contributed by atoms with E-state index in [1.54, 1.807) is 0 Å². The summed E-state index contributed by atoms with van der Waals surface area (Å²) in [7, 11) is 1.72. The molecule has 0 spiro atoms. The van der Waals surface area contributed by atoms with Gasteiger partial charge >= 0.3 is 13.8 Å². The first-order chi connectivity index (χ1) is 24.6. The summed E-state index contributed by atoms with van der Waals surface area (Å²) in [5.41, 5.74) is 0. The summed E-state index contributed by atoms with van der Waals surface area (Å²) in [5.74, 6) is -0.254. The van der Waals surface area contributed by atoms with Crippen LogP contribution in [0.25, 0.3) is 0 Å². The van der Waals surface area contributed by atoms with E-state index in [1.807, 2.05) is 21.1 Å². The Balaban J connectivity index is 4.23. The molecule has 0 heterocycles. The van der Waals surface area contributed by atoms with Gasteiger partial charge in [0, 0.05) is 13.0 Å². The predicted molar refractivity (Wildman–Crippen MR) is 215 cm³/mol. The molecule has 0 rings (SSSR count). The first kappa shape index (κ1) is 50.2.